The maximum Gasteiger partial charge on any atom is 0.260 e. The summed E-state index contributed by atoms with van der Waals surface area (Å²) in [6.45, 7) is 4.85. The molecule has 2 aromatic carbocycles. The first-order valence-electron chi connectivity index (χ1n) is 10.7. The number of aliphatic hydroxyl groups excluding tert-OH is 1. The first kappa shape index (κ1) is 20.5. The highest BCUT2D eigenvalue weighted by atomic mass is 16.5. The Kier molecular flexibility index (Phi) is 5.51. The maximum absolute atomic E-state index is 13.3. The van der Waals surface area contributed by atoms with E-state index in [1.54, 1.807) is 17.2 Å². The molecule has 1 fully saturated rings. The van der Waals surface area contributed by atoms with Crippen molar-refractivity contribution in [2.24, 2.45) is 0 Å². The van der Waals surface area contributed by atoms with Gasteiger partial charge in [-0.2, -0.15) is 5.10 Å². The number of hydrogen-bond acceptors (Lipinski definition) is 5. The predicted octanol–water partition coefficient (Wildman–Crippen LogP) is 3.05. The zero-order chi connectivity index (χ0) is 22.1. The summed E-state index contributed by atoms with van der Waals surface area (Å²) < 4.78 is 13.2. The number of hydrogen-bond donors (Lipinski definition) is 1. The second-order valence-electron chi connectivity index (χ2n) is 8.09. The minimum absolute atomic E-state index is 0.0989. The van der Waals surface area contributed by atoms with E-state index in [4.69, 9.17) is 9.47 Å². The molecule has 2 aliphatic rings. The van der Waals surface area contributed by atoms with E-state index in [-0.39, 0.29) is 12.6 Å². The number of fused-ring (bicyclic) bond motifs is 1. The van der Waals surface area contributed by atoms with Gasteiger partial charge in [0.1, 0.15) is 5.75 Å². The van der Waals surface area contributed by atoms with Crippen molar-refractivity contribution in [3.63, 3.8) is 0 Å². The molecule has 0 radical (unpaired) electrons. The van der Waals surface area contributed by atoms with E-state index >= 15 is 0 Å². The summed E-state index contributed by atoms with van der Waals surface area (Å²) in [4.78, 5) is 14.9. The van der Waals surface area contributed by atoms with Crippen LogP contribution in [0.5, 0.6) is 5.75 Å². The molecule has 32 heavy (non-hydrogen) atoms. The molecule has 1 N–H and O–H groups in total. The van der Waals surface area contributed by atoms with Crippen LogP contribution in [0.25, 0.3) is 11.8 Å². The van der Waals surface area contributed by atoms with Crippen molar-refractivity contribution in [1.82, 2.24) is 14.7 Å². The van der Waals surface area contributed by atoms with Gasteiger partial charge < -0.3 is 14.6 Å². The van der Waals surface area contributed by atoms with Crippen molar-refractivity contribution >= 4 is 12.0 Å². The molecular formula is C25H25N3O4. The fourth-order valence-electron chi connectivity index (χ4n) is 4.29. The summed E-state index contributed by atoms with van der Waals surface area (Å²) in [6.07, 6.45) is 5.98. The summed E-state index contributed by atoms with van der Waals surface area (Å²) in [5, 5.41) is 14.6. The largest absolute Gasteiger partial charge is 0.472 e. The van der Waals surface area contributed by atoms with Crippen molar-refractivity contribution < 1.29 is 19.4 Å². The predicted molar refractivity (Wildman–Crippen MR) is 120 cm³/mol. The fraction of sp³-hybridized carbons (Fsp3) is 0.280. The van der Waals surface area contributed by atoms with E-state index in [0.717, 1.165) is 22.4 Å². The van der Waals surface area contributed by atoms with Crippen LogP contribution in [0.3, 0.4) is 0 Å². The van der Waals surface area contributed by atoms with Crippen LogP contribution >= 0.6 is 0 Å². The minimum Gasteiger partial charge on any atom is -0.472 e. The quantitative estimate of drug-likeness (QED) is 0.672. The van der Waals surface area contributed by atoms with E-state index in [2.05, 4.69) is 23.8 Å². The van der Waals surface area contributed by atoms with E-state index < -0.39 is 12.1 Å². The van der Waals surface area contributed by atoms with Crippen molar-refractivity contribution in [1.29, 1.82) is 0 Å². The Morgan fingerprint density at radius 2 is 2.09 bits per heavy atom. The van der Waals surface area contributed by atoms with E-state index in [1.165, 1.54) is 0 Å². The van der Waals surface area contributed by atoms with Gasteiger partial charge in [0.25, 0.3) is 5.91 Å². The fourth-order valence-corrected chi connectivity index (χ4v) is 4.29. The molecule has 2 aliphatic heterocycles. The monoisotopic (exact) mass is 431 g/mol. The SMILES string of the molecule is C=Cc1cc2c(cc1Cc1ccc(-n3cccn3)cc1)C(=O)N([C@H]1COCC[C@@H]1O)CO2. The second-order valence-corrected chi connectivity index (χ2v) is 8.09. The molecule has 0 aliphatic carbocycles. The van der Waals surface area contributed by atoms with Gasteiger partial charge in [0.15, 0.2) is 6.73 Å². The lowest BCUT2D eigenvalue weighted by Crippen LogP contribution is -2.54. The lowest BCUT2D eigenvalue weighted by atomic mass is 9.95. The number of carbonyl (C=O) groups is 1. The van der Waals surface area contributed by atoms with Crippen LogP contribution in [-0.2, 0) is 11.2 Å². The van der Waals surface area contributed by atoms with Crippen molar-refractivity contribution in [3.8, 4) is 11.4 Å². The van der Waals surface area contributed by atoms with E-state index in [9.17, 15) is 9.90 Å². The van der Waals surface area contributed by atoms with Gasteiger partial charge in [0.2, 0.25) is 0 Å². The normalized spacial score (nSPS) is 20.5. The van der Waals surface area contributed by atoms with Crippen molar-refractivity contribution in [3.05, 3.63) is 83.7 Å². The Bertz CT molecular complexity index is 1120. The van der Waals surface area contributed by atoms with Crippen LogP contribution in [0, 0.1) is 0 Å². The van der Waals surface area contributed by atoms with Crippen molar-refractivity contribution in [2.45, 2.75) is 25.0 Å². The molecule has 0 spiro atoms. The van der Waals surface area contributed by atoms with Gasteiger partial charge in [-0.05, 0) is 59.9 Å². The van der Waals surface area contributed by atoms with Crippen LogP contribution < -0.4 is 4.74 Å². The Labute approximate surface area is 186 Å². The molecular weight excluding hydrogens is 406 g/mol. The van der Waals surface area contributed by atoms with Crippen LogP contribution in [0.1, 0.15) is 33.5 Å². The number of carbonyl (C=O) groups excluding carboxylic acids is 1. The Hall–Kier alpha value is -3.42. The molecule has 164 valence electrons. The molecule has 3 aromatic rings. The summed E-state index contributed by atoms with van der Waals surface area (Å²) in [5.41, 5.74) is 4.52. The van der Waals surface area contributed by atoms with Crippen LogP contribution in [0.4, 0.5) is 0 Å². The average Bonchev–Trinajstić information content (AvgIpc) is 3.35. The first-order valence-corrected chi connectivity index (χ1v) is 10.7. The third-order valence-corrected chi connectivity index (χ3v) is 6.10. The molecule has 1 aromatic heterocycles. The third kappa shape index (κ3) is 3.81. The molecule has 0 saturated carbocycles. The number of aliphatic hydroxyl groups is 1. The highest BCUT2D eigenvalue weighted by Gasteiger charge is 2.37. The van der Waals surface area contributed by atoms with Crippen molar-refractivity contribution in [2.75, 3.05) is 19.9 Å². The topological polar surface area (TPSA) is 76.8 Å². The lowest BCUT2D eigenvalue weighted by Gasteiger charge is -2.39. The zero-order valence-corrected chi connectivity index (χ0v) is 17.7. The summed E-state index contributed by atoms with van der Waals surface area (Å²) in [5.74, 6) is 0.400. The van der Waals surface area contributed by atoms with Gasteiger partial charge in [-0.3, -0.25) is 9.69 Å². The number of ether oxygens (including phenoxy) is 2. The number of benzene rings is 2. The summed E-state index contributed by atoms with van der Waals surface area (Å²) in [7, 11) is 0. The van der Waals surface area contributed by atoms with Gasteiger partial charge in [0.05, 0.1) is 30.0 Å². The Morgan fingerprint density at radius 3 is 2.81 bits per heavy atom. The summed E-state index contributed by atoms with van der Waals surface area (Å²) in [6, 6.07) is 13.4. The highest BCUT2D eigenvalue weighted by molar-refractivity contribution is 5.98. The highest BCUT2D eigenvalue weighted by Crippen LogP contribution is 2.32. The Balaban J connectivity index is 1.42. The number of nitrogens with zero attached hydrogens (tertiary/aromatic N) is 3. The molecule has 2 atom stereocenters. The number of amides is 1. The Morgan fingerprint density at radius 1 is 1.25 bits per heavy atom. The number of rotatable bonds is 5. The van der Waals surface area contributed by atoms with Gasteiger partial charge in [-0.25, -0.2) is 4.68 Å². The molecule has 0 bridgehead atoms. The standard InChI is InChI=1S/C25H25N3O4/c1-2-18-14-24-21(25(30)27(16-32-24)22-15-31-11-8-23(22)29)13-19(18)12-17-4-6-20(7-5-17)28-10-3-9-26-28/h2-7,9-10,13-14,22-23,29H,1,8,11-12,15-16H2/t22-,23-/m0/s1. The van der Waals surface area contributed by atoms with Gasteiger partial charge in [-0.1, -0.05) is 24.8 Å². The molecule has 3 heterocycles. The molecule has 1 saturated heterocycles. The van der Waals surface area contributed by atoms with Crippen LogP contribution in [0.15, 0.2) is 61.4 Å². The zero-order valence-electron chi connectivity index (χ0n) is 17.7. The maximum atomic E-state index is 13.3. The lowest BCUT2D eigenvalue weighted by molar-refractivity contribution is -0.0696. The van der Waals surface area contributed by atoms with E-state index in [1.807, 2.05) is 41.2 Å². The van der Waals surface area contributed by atoms with Gasteiger partial charge >= 0.3 is 0 Å². The molecule has 0 unspecified atom stereocenters. The third-order valence-electron chi connectivity index (χ3n) is 6.10. The summed E-state index contributed by atoms with van der Waals surface area (Å²) >= 11 is 0. The van der Waals surface area contributed by atoms with Crippen LogP contribution in [-0.4, -0.2) is 57.8 Å². The first-order chi connectivity index (χ1) is 15.6. The van der Waals surface area contributed by atoms with Gasteiger partial charge in [-0.15, -0.1) is 0 Å². The molecule has 5 rings (SSSR count). The van der Waals surface area contributed by atoms with E-state index in [0.29, 0.717) is 37.4 Å². The smallest absolute Gasteiger partial charge is 0.260 e. The molecule has 7 nitrogen and oxygen atoms in total. The van der Waals surface area contributed by atoms with Gasteiger partial charge in [0, 0.05) is 19.0 Å². The van der Waals surface area contributed by atoms with Crippen LogP contribution in [0.2, 0.25) is 0 Å². The molecule has 1 amide bonds. The minimum atomic E-state index is -0.613. The number of aromatic nitrogens is 2. The average molecular weight is 431 g/mol. The second kappa shape index (κ2) is 8.61. The molecule has 7 heteroatoms.